The molecule has 0 unspecified atom stereocenters. The summed E-state index contributed by atoms with van der Waals surface area (Å²) >= 11 is 0. The standard InChI is InChI=1S/C30H21F3/c1-2-3-4-24-18-29(32)28(30(33)19-24)16-12-22-7-5-21(6-8-22)9-10-23-11-13-26-20-27(31)15-14-25(26)17-23/h5-8,11,13-15,17-20H,2-4H2,1H3. The molecule has 0 spiro atoms. The Morgan fingerprint density at radius 1 is 0.606 bits per heavy atom. The van der Waals surface area contributed by atoms with Crippen LogP contribution in [0.4, 0.5) is 13.2 Å². The van der Waals surface area contributed by atoms with Gasteiger partial charge in [-0.15, -0.1) is 0 Å². The Balaban J connectivity index is 1.49. The number of unbranched alkanes of at least 4 members (excludes halogenated alkanes) is 1. The topological polar surface area (TPSA) is 0 Å². The summed E-state index contributed by atoms with van der Waals surface area (Å²) in [5.41, 5.74) is 2.69. The quantitative estimate of drug-likeness (QED) is 0.292. The molecule has 0 saturated heterocycles. The third-order valence-electron chi connectivity index (χ3n) is 5.29. The Morgan fingerprint density at radius 3 is 1.82 bits per heavy atom. The van der Waals surface area contributed by atoms with Crippen LogP contribution < -0.4 is 0 Å². The monoisotopic (exact) mass is 438 g/mol. The Kier molecular flexibility index (Phi) is 6.82. The third kappa shape index (κ3) is 5.65. The SMILES string of the molecule is CCCCc1cc(F)c(C#Cc2ccc(C#Cc3ccc4cc(F)ccc4c3)cc2)c(F)c1. The minimum absolute atomic E-state index is 0.213. The third-order valence-corrected chi connectivity index (χ3v) is 5.29. The first-order chi connectivity index (χ1) is 16.0. The molecule has 0 aromatic heterocycles. The van der Waals surface area contributed by atoms with Gasteiger partial charge in [0.1, 0.15) is 17.5 Å². The van der Waals surface area contributed by atoms with Crippen LogP contribution in [0.15, 0.2) is 72.8 Å². The van der Waals surface area contributed by atoms with E-state index in [1.807, 2.05) is 37.3 Å². The molecule has 4 aromatic rings. The van der Waals surface area contributed by atoms with Gasteiger partial charge in [-0.2, -0.15) is 0 Å². The zero-order valence-electron chi connectivity index (χ0n) is 18.2. The van der Waals surface area contributed by atoms with Crippen molar-refractivity contribution >= 4 is 10.8 Å². The van der Waals surface area contributed by atoms with E-state index in [-0.39, 0.29) is 11.4 Å². The van der Waals surface area contributed by atoms with Crippen LogP contribution in [0.5, 0.6) is 0 Å². The van der Waals surface area contributed by atoms with Gasteiger partial charge in [-0.3, -0.25) is 0 Å². The van der Waals surface area contributed by atoms with E-state index in [1.54, 1.807) is 18.2 Å². The van der Waals surface area contributed by atoms with E-state index < -0.39 is 11.6 Å². The number of aryl methyl sites for hydroxylation is 1. The van der Waals surface area contributed by atoms with Crippen molar-refractivity contribution in [1.29, 1.82) is 0 Å². The number of hydrogen-bond donors (Lipinski definition) is 0. The van der Waals surface area contributed by atoms with E-state index in [1.165, 1.54) is 24.3 Å². The molecule has 0 nitrogen and oxygen atoms in total. The summed E-state index contributed by atoms with van der Waals surface area (Å²) in [6.45, 7) is 2.04. The van der Waals surface area contributed by atoms with Gasteiger partial charge in [0.05, 0.1) is 5.56 Å². The number of hydrogen-bond acceptors (Lipinski definition) is 0. The van der Waals surface area contributed by atoms with Crippen LogP contribution in [-0.4, -0.2) is 0 Å². The Labute approximate surface area is 192 Å². The van der Waals surface area contributed by atoms with Gasteiger partial charge in [0.2, 0.25) is 0 Å². The minimum Gasteiger partial charge on any atom is -0.207 e. The van der Waals surface area contributed by atoms with Crippen LogP contribution in [0.25, 0.3) is 10.8 Å². The van der Waals surface area contributed by atoms with Crippen molar-refractivity contribution in [2.75, 3.05) is 0 Å². The molecule has 0 atom stereocenters. The second-order valence-corrected chi connectivity index (χ2v) is 7.82. The van der Waals surface area contributed by atoms with Gasteiger partial charge >= 0.3 is 0 Å². The zero-order valence-corrected chi connectivity index (χ0v) is 18.2. The smallest absolute Gasteiger partial charge is 0.142 e. The molecule has 0 radical (unpaired) electrons. The molecule has 0 N–H and O–H groups in total. The van der Waals surface area contributed by atoms with Crippen LogP contribution >= 0.6 is 0 Å². The molecule has 0 amide bonds. The van der Waals surface area contributed by atoms with Gasteiger partial charge in [-0.25, -0.2) is 13.2 Å². The molecule has 0 saturated carbocycles. The van der Waals surface area contributed by atoms with Crippen molar-refractivity contribution in [2.24, 2.45) is 0 Å². The van der Waals surface area contributed by atoms with Gasteiger partial charge in [-0.1, -0.05) is 49.2 Å². The fourth-order valence-electron chi connectivity index (χ4n) is 3.48. The van der Waals surface area contributed by atoms with Crippen molar-refractivity contribution in [2.45, 2.75) is 26.2 Å². The average molecular weight is 438 g/mol. The summed E-state index contributed by atoms with van der Waals surface area (Å²) in [6, 6.07) is 20.2. The summed E-state index contributed by atoms with van der Waals surface area (Å²) < 4.78 is 41.9. The van der Waals surface area contributed by atoms with Crippen LogP contribution in [-0.2, 0) is 6.42 Å². The van der Waals surface area contributed by atoms with Crippen LogP contribution in [0.1, 0.15) is 47.6 Å². The Hall–Kier alpha value is -3.95. The van der Waals surface area contributed by atoms with E-state index >= 15 is 0 Å². The van der Waals surface area contributed by atoms with Gasteiger partial charge < -0.3 is 0 Å². The number of fused-ring (bicyclic) bond motifs is 1. The summed E-state index contributed by atoms with van der Waals surface area (Å²) in [7, 11) is 0. The molecule has 0 fully saturated rings. The van der Waals surface area contributed by atoms with Crippen molar-refractivity contribution in [3.63, 3.8) is 0 Å². The lowest BCUT2D eigenvalue weighted by atomic mass is 10.0. The van der Waals surface area contributed by atoms with Crippen LogP contribution in [0, 0.1) is 41.1 Å². The summed E-state index contributed by atoms with van der Waals surface area (Å²) in [4.78, 5) is 0. The van der Waals surface area contributed by atoms with E-state index in [2.05, 4.69) is 23.7 Å². The van der Waals surface area contributed by atoms with E-state index in [0.29, 0.717) is 17.5 Å². The highest BCUT2D eigenvalue weighted by molar-refractivity contribution is 5.84. The molecule has 33 heavy (non-hydrogen) atoms. The van der Waals surface area contributed by atoms with E-state index in [9.17, 15) is 13.2 Å². The lowest BCUT2D eigenvalue weighted by Gasteiger charge is -2.03. The maximum atomic E-state index is 14.3. The fourth-order valence-corrected chi connectivity index (χ4v) is 3.48. The molecule has 0 aliphatic rings. The highest BCUT2D eigenvalue weighted by Crippen LogP contribution is 2.18. The molecular weight excluding hydrogens is 417 g/mol. The number of benzene rings is 4. The largest absolute Gasteiger partial charge is 0.207 e. The minimum atomic E-state index is -0.630. The van der Waals surface area contributed by atoms with Crippen LogP contribution in [0.3, 0.4) is 0 Å². The predicted octanol–water partition coefficient (Wildman–Crippen LogP) is 7.40. The molecule has 0 aliphatic carbocycles. The lowest BCUT2D eigenvalue weighted by Crippen LogP contribution is -1.95. The zero-order chi connectivity index (χ0) is 23.2. The molecule has 0 heterocycles. The summed E-state index contributed by atoms with van der Waals surface area (Å²) in [6.07, 6.45) is 2.51. The molecular formula is C30H21F3. The highest BCUT2D eigenvalue weighted by atomic mass is 19.1. The Bertz CT molecular complexity index is 1400. The van der Waals surface area contributed by atoms with Crippen molar-refractivity contribution in [1.82, 2.24) is 0 Å². The van der Waals surface area contributed by atoms with Gasteiger partial charge in [0.15, 0.2) is 0 Å². The normalized spacial score (nSPS) is 10.3. The maximum Gasteiger partial charge on any atom is 0.142 e. The second kappa shape index (κ2) is 10.1. The second-order valence-electron chi connectivity index (χ2n) is 7.82. The lowest BCUT2D eigenvalue weighted by molar-refractivity contribution is 0.572. The average Bonchev–Trinajstić information content (AvgIpc) is 2.81. The predicted molar refractivity (Wildman–Crippen MR) is 127 cm³/mol. The molecule has 4 aromatic carbocycles. The van der Waals surface area contributed by atoms with Gasteiger partial charge in [0, 0.05) is 16.7 Å². The summed E-state index contributed by atoms with van der Waals surface area (Å²) in [5, 5.41) is 1.75. The molecule has 0 bridgehead atoms. The molecule has 0 aliphatic heterocycles. The fraction of sp³-hybridized carbons (Fsp3) is 0.133. The van der Waals surface area contributed by atoms with Crippen molar-refractivity contribution in [3.05, 3.63) is 118 Å². The van der Waals surface area contributed by atoms with E-state index in [0.717, 1.165) is 34.7 Å². The number of rotatable bonds is 3. The maximum absolute atomic E-state index is 14.3. The molecule has 162 valence electrons. The van der Waals surface area contributed by atoms with Crippen molar-refractivity contribution in [3.8, 4) is 23.7 Å². The first-order valence-corrected chi connectivity index (χ1v) is 10.8. The molecule has 3 heteroatoms. The van der Waals surface area contributed by atoms with E-state index in [4.69, 9.17) is 0 Å². The Morgan fingerprint density at radius 2 is 1.15 bits per heavy atom. The highest BCUT2D eigenvalue weighted by Gasteiger charge is 2.09. The van der Waals surface area contributed by atoms with Crippen molar-refractivity contribution < 1.29 is 13.2 Å². The summed E-state index contributed by atoms with van der Waals surface area (Å²) in [5.74, 6) is 10.1. The first-order valence-electron chi connectivity index (χ1n) is 10.8. The number of halogens is 3. The van der Waals surface area contributed by atoms with Crippen LogP contribution in [0.2, 0.25) is 0 Å². The molecule has 4 rings (SSSR count). The van der Waals surface area contributed by atoms with Gasteiger partial charge in [-0.05, 0) is 89.8 Å². The first kappa shape index (κ1) is 22.3. The van der Waals surface area contributed by atoms with Gasteiger partial charge in [0.25, 0.3) is 0 Å².